The molecule has 2 heterocycles. The van der Waals surface area contributed by atoms with Gasteiger partial charge in [0.15, 0.2) is 0 Å². The second-order valence-corrected chi connectivity index (χ2v) is 7.49. The van der Waals surface area contributed by atoms with E-state index in [1.54, 1.807) is 0 Å². The van der Waals surface area contributed by atoms with E-state index in [1.165, 1.54) is 18.5 Å². The number of benzene rings is 1. The van der Waals surface area contributed by atoms with Gasteiger partial charge in [-0.15, -0.1) is 12.4 Å². The van der Waals surface area contributed by atoms with Crippen molar-refractivity contribution in [2.75, 3.05) is 32.7 Å². The molecule has 2 aliphatic heterocycles. The van der Waals surface area contributed by atoms with Crippen molar-refractivity contribution >= 4 is 18.3 Å². The smallest absolute Gasteiger partial charge is 0.223 e. The summed E-state index contributed by atoms with van der Waals surface area (Å²) in [6.45, 7) is 8.57. The predicted octanol–water partition coefficient (Wildman–Crippen LogP) is 2.44. The van der Waals surface area contributed by atoms with Crippen molar-refractivity contribution in [3.05, 3.63) is 35.9 Å². The molecule has 1 atom stereocenters. The Morgan fingerprint density at radius 1 is 1.29 bits per heavy atom. The van der Waals surface area contributed by atoms with Crippen LogP contribution in [-0.2, 0) is 11.3 Å². The van der Waals surface area contributed by atoms with E-state index in [4.69, 9.17) is 0 Å². The van der Waals surface area contributed by atoms with Gasteiger partial charge in [-0.2, -0.15) is 0 Å². The summed E-state index contributed by atoms with van der Waals surface area (Å²) in [7, 11) is 0. The minimum atomic E-state index is 0. The molecule has 0 radical (unpaired) electrons. The standard InChI is InChI=1S/C19H29N3O.ClH/c1-19(9-10-20-14-19)15-22-11-7-17(8-12-22)18(23)21-13-16-5-3-2-4-6-16;/h2-6,17,20H,7-15H2,1H3,(H,21,23);1H. The second-order valence-electron chi connectivity index (χ2n) is 7.49. The van der Waals surface area contributed by atoms with E-state index in [0.29, 0.717) is 12.0 Å². The van der Waals surface area contributed by atoms with E-state index in [2.05, 4.69) is 34.6 Å². The van der Waals surface area contributed by atoms with E-state index < -0.39 is 0 Å². The van der Waals surface area contributed by atoms with Crippen molar-refractivity contribution in [3.8, 4) is 0 Å². The van der Waals surface area contributed by atoms with Crippen molar-refractivity contribution in [2.45, 2.75) is 32.7 Å². The first kappa shape index (κ1) is 19.2. The molecule has 2 saturated heterocycles. The number of rotatable bonds is 5. The molecule has 2 aliphatic rings. The van der Waals surface area contributed by atoms with E-state index in [9.17, 15) is 4.79 Å². The molecule has 1 aromatic carbocycles. The Morgan fingerprint density at radius 3 is 2.62 bits per heavy atom. The number of hydrogen-bond acceptors (Lipinski definition) is 3. The fraction of sp³-hybridized carbons (Fsp3) is 0.632. The van der Waals surface area contributed by atoms with Gasteiger partial charge in [0.25, 0.3) is 0 Å². The molecular weight excluding hydrogens is 322 g/mol. The molecule has 1 aromatic rings. The maximum atomic E-state index is 12.3. The molecule has 24 heavy (non-hydrogen) atoms. The van der Waals surface area contributed by atoms with Gasteiger partial charge < -0.3 is 15.5 Å². The van der Waals surface area contributed by atoms with Crippen molar-refractivity contribution in [1.82, 2.24) is 15.5 Å². The predicted molar refractivity (Wildman–Crippen MR) is 100 cm³/mol. The van der Waals surface area contributed by atoms with Gasteiger partial charge in [-0.3, -0.25) is 4.79 Å². The lowest BCUT2D eigenvalue weighted by Crippen LogP contribution is -2.44. The van der Waals surface area contributed by atoms with Crippen molar-refractivity contribution in [3.63, 3.8) is 0 Å². The maximum Gasteiger partial charge on any atom is 0.223 e. The minimum absolute atomic E-state index is 0. The molecule has 0 bridgehead atoms. The molecule has 2 fully saturated rings. The normalized spacial score (nSPS) is 25.2. The summed E-state index contributed by atoms with van der Waals surface area (Å²) in [5.41, 5.74) is 1.59. The van der Waals surface area contributed by atoms with Crippen molar-refractivity contribution in [1.29, 1.82) is 0 Å². The molecule has 5 heteroatoms. The van der Waals surface area contributed by atoms with Gasteiger partial charge in [-0.1, -0.05) is 37.3 Å². The molecule has 0 spiro atoms. The highest BCUT2D eigenvalue weighted by atomic mass is 35.5. The first-order valence-corrected chi connectivity index (χ1v) is 8.89. The van der Waals surface area contributed by atoms with Gasteiger partial charge in [-0.25, -0.2) is 0 Å². The summed E-state index contributed by atoms with van der Waals surface area (Å²) in [5, 5.41) is 6.57. The Labute approximate surface area is 151 Å². The Hall–Kier alpha value is -1.10. The summed E-state index contributed by atoms with van der Waals surface area (Å²) in [6, 6.07) is 10.1. The van der Waals surface area contributed by atoms with Crippen LogP contribution in [0.1, 0.15) is 31.7 Å². The summed E-state index contributed by atoms with van der Waals surface area (Å²) in [4.78, 5) is 14.9. The highest BCUT2D eigenvalue weighted by molar-refractivity contribution is 5.85. The lowest BCUT2D eigenvalue weighted by molar-refractivity contribution is -0.126. The second kappa shape index (κ2) is 8.84. The number of carbonyl (C=O) groups is 1. The van der Waals surface area contributed by atoms with Gasteiger partial charge in [0.1, 0.15) is 0 Å². The number of nitrogens with zero attached hydrogens (tertiary/aromatic N) is 1. The van der Waals surface area contributed by atoms with E-state index in [1.807, 2.05) is 18.2 Å². The fourth-order valence-corrected chi connectivity index (χ4v) is 3.83. The van der Waals surface area contributed by atoms with Crippen LogP contribution in [0.3, 0.4) is 0 Å². The van der Waals surface area contributed by atoms with Crippen molar-refractivity contribution < 1.29 is 4.79 Å². The highest BCUT2D eigenvalue weighted by Crippen LogP contribution is 2.28. The lowest BCUT2D eigenvalue weighted by atomic mass is 9.87. The SMILES string of the molecule is CC1(CN2CCC(C(=O)NCc3ccccc3)CC2)CCNC1.Cl. The average molecular weight is 352 g/mol. The average Bonchev–Trinajstić information content (AvgIpc) is 3.00. The molecule has 134 valence electrons. The van der Waals surface area contributed by atoms with Crippen LogP contribution in [0.5, 0.6) is 0 Å². The molecule has 0 saturated carbocycles. The van der Waals surface area contributed by atoms with E-state index in [0.717, 1.165) is 39.0 Å². The van der Waals surface area contributed by atoms with Crippen LogP contribution in [0.25, 0.3) is 0 Å². The Morgan fingerprint density at radius 2 is 2.00 bits per heavy atom. The first-order valence-electron chi connectivity index (χ1n) is 8.89. The molecule has 0 aromatic heterocycles. The quantitative estimate of drug-likeness (QED) is 0.856. The van der Waals surface area contributed by atoms with Gasteiger partial charge in [0.05, 0.1) is 0 Å². The van der Waals surface area contributed by atoms with Gasteiger partial charge in [-0.05, 0) is 49.9 Å². The van der Waals surface area contributed by atoms with Crippen LogP contribution < -0.4 is 10.6 Å². The fourth-order valence-electron chi connectivity index (χ4n) is 3.83. The molecule has 3 rings (SSSR count). The number of carbonyl (C=O) groups excluding carboxylic acids is 1. The summed E-state index contributed by atoms with van der Waals surface area (Å²) in [5.74, 6) is 0.409. The van der Waals surface area contributed by atoms with Crippen LogP contribution in [0.15, 0.2) is 30.3 Å². The van der Waals surface area contributed by atoms with E-state index >= 15 is 0 Å². The number of nitrogens with one attached hydrogen (secondary N) is 2. The van der Waals surface area contributed by atoms with Gasteiger partial charge in [0, 0.05) is 25.6 Å². The van der Waals surface area contributed by atoms with Gasteiger partial charge >= 0.3 is 0 Å². The Kier molecular flexibility index (Phi) is 7.08. The topological polar surface area (TPSA) is 44.4 Å². The largest absolute Gasteiger partial charge is 0.352 e. The zero-order valence-electron chi connectivity index (χ0n) is 14.6. The number of piperidine rings is 1. The maximum absolute atomic E-state index is 12.3. The van der Waals surface area contributed by atoms with E-state index in [-0.39, 0.29) is 24.2 Å². The summed E-state index contributed by atoms with van der Waals surface area (Å²) < 4.78 is 0. The molecule has 1 amide bonds. The van der Waals surface area contributed by atoms with Gasteiger partial charge in [0.2, 0.25) is 5.91 Å². The lowest BCUT2D eigenvalue weighted by Gasteiger charge is -2.36. The molecular formula is C19H30ClN3O. The van der Waals surface area contributed by atoms with Crippen LogP contribution in [0.2, 0.25) is 0 Å². The highest BCUT2D eigenvalue weighted by Gasteiger charge is 2.33. The van der Waals surface area contributed by atoms with Crippen LogP contribution in [0, 0.1) is 11.3 Å². The van der Waals surface area contributed by atoms with Crippen LogP contribution in [0.4, 0.5) is 0 Å². The monoisotopic (exact) mass is 351 g/mol. The zero-order chi connectivity index (χ0) is 16.1. The minimum Gasteiger partial charge on any atom is -0.352 e. The Balaban J connectivity index is 0.00000208. The van der Waals surface area contributed by atoms with Crippen molar-refractivity contribution in [2.24, 2.45) is 11.3 Å². The third kappa shape index (κ3) is 5.20. The third-order valence-electron chi connectivity index (χ3n) is 5.33. The summed E-state index contributed by atoms with van der Waals surface area (Å²) >= 11 is 0. The van der Waals surface area contributed by atoms with Crippen LogP contribution >= 0.6 is 12.4 Å². The number of hydrogen-bond donors (Lipinski definition) is 2. The third-order valence-corrected chi connectivity index (χ3v) is 5.33. The molecule has 0 aliphatic carbocycles. The first-order chi connectivity index (χ1) is 11.1. The van der Waals surface area contributed by atoms with Crippen LogP contribution in [-0.4, -0.2) is 43.5 Å². The zero-order valence-corrected chi connectivity index (χ0v) is 15.4. The molecule has 4 nitrogen and oxygen atoms in total. The molecule has 1 unspecified atom stereocenters. The number of amides is 1. The molecule has 2 N–H and O–H groups in total. The number of likely N-dealkylation sites (tertiary alicyclic amines) is 1. The Bertz CT molecular complexity index is 509. The summed E-state index contributed by atoms with van der Waals surface area (Å²) in [6.07, 6.45) is 3.25. The number of halogens is 1.